The lowest BCUT2D eigenvalue weighted by molar-refractivity contribution is -0.171. The fraction of sp³-hybridized carbons (Fsp3) is 0.619. The van der Waals surface area contributed by atoms with E-state index in [9.17, 15) is 14.7 Å². The molecule has 4 aliphatic rings. The Morgan fingerprint density at radius 2 is 1.86 bits per heavy atom. The highest BCUT2D eigenvalue weighted by molar-refractivity contribution is 6.42. The van der Waals surface area contributed by atoms with Gasteiger partial charge in [0.1, 0.15) is 0 Å². The van der Waals surface area contributed by atoms with Crippen molar-refractivity contribution in [3.8, 4) is 0 Å². The molecule has 4 aliphatic carbocycles. The van der Waals surface area contributed by atoms with Gasteiger partial charge >= 0.3 is 0 Å². The minimum atomic E-state index is -0.575. The van der Waals surface area contributed by atoms with Crippen LogP contribution < -0.4 is 5.32 Å². The maximum Gasteiger partial charge on any atom is 0.243 e. The molecule has 0 heterocycles. The summed E-state index contributed by atoms with van der Waals surface area (Å²) >= 11 is 11.9. The van der Waals surface area contributed by atoms with Gasteiger partial charge in [-0.05, 0) is 74.0 Å². The Hall–Kier alpha value is -1.30. The van der Waals surface area contributed by atoms with Gasteiger partial charge in [0.05, 0.1) is 22.2 Å². The third-order valence-corrected chi connectivity index (χ3v) is 7.43. The standard InChI is InChI=1S/C21H26Cl2N2O3/c1-25(11-18(26)24-15-2-3-16(22)17(23)5-15)19(27)10-20-6-13-4-14(7-20)9-21(28,8-13)12-20/h2-3,5,13-14,28H,4,6-12H2,1H3,(H,24,26). The molecule has 2 N–H and O–H groups in total. The van der Waals surface area contributed by atoms with Gasteiger partial charge in [-0.15, -0.1) is 0 Å². The Labute approximate surface area is 175 Å². The number of benzene rings is 1. The first-order valence-electron chi connectivity index (χ1n) is 9.87. The van der Waals surface area contributed by atoms with E-state index in [4.69, 9.17) is 23.2 Å². The van der Waals surface area contributed by atoms with Crippen LogP contribution in [0, 0.1) is 17.3 Å². The number of anilines is 1. The molecule has 1 aromatic rings. The zero-order chi connectivity index (χ0) is 20.1. The Bertz CT molecular complexity index is 799. The molecule has 152 valence electrons. The molecule has 5 rings (SSSR count). The number of aliphatic hydroxyl groups is 1. The Morgan fingerprint density at radius 1 is 1.18 bits per heavy atom. The summed E-state index contributed by atoms with van der Waals surface area (Å²) in [5.74, 6) is 0.776. The summed E-state index contributed by atoms with van der Waals surface area (Å²) in [5.41, 5.74) is -0.123. The molecule has 28 heavy (non-hydrogen) atoms. The van der Waals surface area contributed by atoms with Gasteiger partial charge < -0.3 is 15.3 Å². The lowest BCUT2D eigenvalue weighted by Gasteiger charge is -2.60. The van der Waals surface area contributed by atoms with Gasteiger partial charge in [0.15, 0.2) is 0 Å². The van der Waals surface area contributed by atoms with Crippen molar-refractivity contribution < 1.29 is 14.7 Å². The van der Waals surface area contributed by atoms with Crippen LogP contribution in [0.25, 0.3) is 0 Å². The van der Waals surface area contributed by atoms with Crippen molar-refractivity contribution >= 4 is 40.7 Å². The molecular weight excluding hydrogens is 399 g/mol. The normalized spacial score (nSPS) is 33.0. The molecule has 0 aromatic heterocycles. The molecule has 2 atom stereocenters. The van der Waals surface area contributed by atoms with Gasteiger partial charge in [0.25, 0.3) is 0 Å². The van der Waals surface area contributed by atoms with Gasteiger partial charge in [-0.2, -0.15) is 0 Å². The first kappa shape index (κ1) is 20.0. The van der Waals surface area contributed by atoms with E-state index in [2.05, 4.69) is 5.32 Å². The summed E-state index contributed by atoms with van der Waals surface area (Å²) in [7, 11) is 1.66. The van der Waals surface area contributed by atoms with Crippen molar-refractivity contribution in [2.75, 3.05) is 18.9 Å². The van der Waals surface area contributed by atoms with Crippen molar-refractivity contribution in [3.05, 3.63) is 28.2 Å². The highest BCUT2D eigenvalue weighted by atomic mass is 35.5. The van der Waals surface area contributed by atoms with Gasteiger partial charge in [0.2, 0.25) is 11.8 Å². The maximum absolute atomic E-state index is 12.8. The number of rotatable bonds is 5. The predicted octanol–water partition coefficient (Wildman–Crippen LogP) is 4.11. The summed E-state index contributed by atoms with van der Waals surface area (Å²) in [4.78, 5) is 26.6. The number of nitrogens with one attached hydrogen (secondary N) is 1. The van der Waals surface area contributed by atoms with Crippen LogP contribution in [0.4, 0.5) is 5.69 Å². The Morgan fingerprint density at radius 3 is 2.46 bits per heavy atom. The van der Waals surface area contributed by atoms with Gasteiger partial charge in [-0.1, -0.05) is 23.2 Å². The van der Waals surface area contributed by atoms with Crippen LogP contribution in [-0.4, -0.2) is 41.0 Å². The molecule has 0 saturated heterocycles. The van der Waals surface area contributed by atoms with Gasteiger partial charge in [-0.25, -0.2) is 0 Å². The van der Waals surface area contributed by atoms with Crippen LogP contribution in [0.3, 0.4) is 0 Å². The van der Waals surface area contributed by atoms with E-state index in [-0.39, 0.29) is 23.8 Å². The molecule has 2 amide bonds. The Kier molecular flexibility index (Phi) is 5.13. The minimum absolute atomic E-state index is 0.0215. The van der Waals surface area contributed by atoms with E-state index in [1.54, 1.807) is 25.2 Å². The second-order valence-corrected chi connectivity index (χ2v) is 10.1. The van der Waals surface area contributed by atoms with E-state index < -0.39 is 5.60 Å². The van der Waals surface area contributed by atoms with Crippen molar-refractivity contribution in [1.29, 1.82) is 0 Å². The summed E-state index contributed by atoms with van der Waals surface area (Å²) in [5, 5.41) is 14.4. The molecular formula is C21H26Cl2N2O3. The van der Waals surface area contributed by atoms with Crippen molar-refractivity contribution in [3.63, 3.8) is 0 Å². The van der Waals surface area contributed by atoms with Crippen molar-refractivity contribution in [2.24, 2.45) is 17.3 Å². The predicted molar refractivity (Wildman–Crippen MR) is 109 cm³/mol. The summed E-state index contributed by atoms with van der Waals surface area (Å²) in [6.45, 7) is -0.0215. The molecule has 4 fully saturated rings. The van der Waals surface area contributed by atoms with Gasteiger partial charge in [-0.3, -0.25) is 9.59 Å². The highest BCUT2D eigenvalue weighted by Crippen LogP contribution is 2.62. The average Bonchev–Trinajstić information content (AvgIpc) is 2.55. The van der Waals surface area contributed by atoms with E-state index in [1.807, 2.05) is 0 Å². The molecule has 7 heteroatoms. The third-order valence-electron chi connectivity index (χ3n) is 6.69. The van der Waals surface area contributed by atoms with Crippen LogP contribution in [0.1, 0.15) is 44.9 Å². The molecule has 5 nitrogen and oxygen atoms in total. The second kappa shape index (κ2) is 7.19. The van der Waals surface area contributed by atoms with Crippen LogP contribution in [0.2, 0.25) is 10.0 Å². The van der Waals surface area contributed by atoms with Crippen LogP contribution in [0.5, 0.6) is 0 Å². The largest absolute Gasteiger partial charge is 0.390 e. The highest BCUT2D eigenvalue weighted by Gasteiger charge is 2.57. The molecule has 2 unspecified atom stereocenters. The fourth-order valence-corrected chi connectivity index (χ4v) is 6.44. The summed E-state index contributed by atoms with van der Waals surface area (Å²) < 4.78 is 0. The van der Waals surface area contributed by atoms with Crippen LogP contribution in [-0.2, 0) is 9.59 Å². The van der Waals surface area contributed by atoms with Gasteiger partial charge in [0, 0.05) is 19.2 Å². The lowest BCUT2D eigenvalue weighted by atomic mass is 9.47. The third kappa shape index (κ3) is 4.03. The molecule has 1 aromatic carbocycles. The molecule has 4 bridgehead atoms. The number of hydrogen-bond acceptors (Lipinski definition) is 3. The van der Waals surface area contributed by atoms with E-state index in [0.717, 1.165) is 32.1 Å². The monoisotopic (exact) mass is 424 g/mol. The second-order valence-electron chi connectivity index (χ2n) is 9.29. The number of amides is 2. The zero-order valence-corrected chi connectivity index (χ0v) is 17.5. The van der Waals surface area contributed by atoms with Crippen molar-refractivity contribution in [2.45, 2.75) is 50.5 Å². The van der Waals surface area contributed by atoms with E-state index in [1.165, 1.54) is 11.3 Å². The maximum atomic E-state index is 12.8. The molecule has 0 spiro atoms. The number of likely N-dealkylation sites (N-methyl/N-ethyl adjacent to an activating group) is 1. The average molecular weight is 425 g/mol. The number of halogens is 2. The fourth-order valence-electron chi connectivity index (χ4n) is 6.14. The SMILES string of the molecule is CN(CC(=O)Nc1ccc(Cl)c(Cl)c1)C(=O)CC12CC3CC(CC(O)(C3)C1)C2. The van der Waals surface area contributed by atoms with Crippen LogP contribution in [0.15, 0.2) is 18.2 Å². The first-order chi connectivity index (χ1) is 13.2. The number of carbonyl (C=O) groups is 2. The number of carbonyl (C=O) groups excluding carboxylic acids is 2. The summed E-state index contributed by atoms with van der Waals surface area (Å²) in [6, 6.07) is 4.87. The minimum Gasteiger partial charge on any atom is -0.390 e. The molecule has 0 aliphatic heterocycles. The smallest absolute Gasteiger partial charge is 0.243 e. The molecule has 4 saturated carbocycles. The van der Waals surface area contributed by atoms with E-state index >= 15 is 0 Å². The van der Waals surface area contributed by atoms with Crippen LogP contribution >= 0.6 is 23.2 Å². The van der Waals surface area contributed by atoms with Crippen molar-refractivity contribution in [1.82, 2.24) is 4.90 Å². The number of hydrogen-bond donors (Lipinski definition) is 2. The van der Waals surface area contributed by atoms with E-state index in [0.29, 0.717) is 34.0 Å². The Balaban J connectivity index is 1.35. The zero-order valence-electron chi connectivity index (χ0n) is 16.0. The molecule has 0 radical (unpaired) electrons. The number of nitrogens with zero attached hydrogens (tertiary/aromatic N) is 1. The first-order valence-corrected chi connectivity index (χ1v) is 10.6. The topological polar surface area (TPSA) is 69.6 Å². The summed E-state index contributed by atoms with van der Waals surface area (Å²) in [6.07, 6.45) is 6.17. The quantitative estimate of drug-likeness (QED) is 0.746. The lowest BCUT2D eigenvalue weighted by Crippen LogP contribution is -2.56.